The summed E-state index contributed by atoms with van der Waals surface area (Å²) in [4.78, 5) is 17.0. The van der Waals surface area contributed by atoms with Gasteiger partial charge in [-0.05, 0) is 49.9 Å². The molecule has 4 heterocycles. The first-order chi connectivity index (χ1) is 15.7. The van der Waals surface area contributed by atoms with E-state index in [1.165, 1.54) is 12.8 Å². The zero-order chi connectivity index (χ0) is 21.7. The Labute approximate surface area is 186 Å². The minimum Gasteiger partial charge on any atom is -0.341 e. The van der Waals surface area contributed by atoms with Crippen LogP contribution in [0.5, 0.6) is 0 Å². The van der Waals surface area contributed by atoms with Gasteiger partial charge in [-0.1, -0.05) is 31.2 Å². The Kier molecular flexibility index (Phi) is 4.56. The maximum absolute atomic E-state index is 5.00. The summed E-state index contributed by atoms with van der Waals surface area (Å²) in [6.45, 7) is 7.21. The molecule has 7 heteroatoms. The quantitative estimate of drug-likeness (QED) is 0.427. The average Bonchev–Trinajstić information content (AvgIpc) is 3.38. The van der Waals surface area contributed by atoms with Crippen LogP contribution in [0.3, 0.4) is 0 Å². The molecule has 0 bridgehead atoms. The number of anilines is 1. The number of nitrogens with zero attached hydrogens (tertiary/aromatic N) is 7. The highest BCUT2D eigenvalue weighted by Gasteiger charge is 2.22. The highest BCUT2D eigenvalue weighted by Crippen LogP contribution is 2.26. The molecule has 0 aliphatic carbocycles. The molecule has 32 heavy (non-hydrogen) atoms. The highest BCUT2D eigenvalue weighted by atomic mass is 15.4. The monoisotopic (exact) mass is 425 g/mol. The summed E-state index contributed by atoms with van der Waals surface area (Å²) in [6, 6.07) is 16.5. The Hall–Kier alpha value is -3.48. The van der Waals surface area contributed by atoms with Crippen molar-refractivity contribution in [3.05, 3.63) is 60.2 Å². The first-order valence-electron chi connectivity index (χ1n) is 11.5. The van der Waals surface area contributed by atoms with Gasteiger partial charge in [-0.15, -0.1) is 5.10 Å². The molecule has 0 atom stereocenters. The van der Waals surface area contributed by atoms with Gasteiger partial charge in [0.15, 0.2) is 11.5 Å². The van der Waals surface area contributed by atoms with Crippen molar-refractivity contribution >= 4 is 33.5 Å². The van der Waals surface area contributed by atoms with Gasteiger partial charge < -0.3 is 9.47 Å². The summed E-state index contributed by atoms with van der Waals surface area (Å²) in [5.41, 5.74) is 4.06. The van der Waals surface area contributed by atoms with Crippen molar-refractivity contribution < 1.29 is 0 Å². The van der Waals surface area contributed by atoms with Crippen LogP contribution in [-0.4, -0.2) is 42.2 Å². The maximum atomic E-state index is 5.00. The van der Waals surface area contributed by atoms with Crippen molar-refractivity contribution in [2.24, 2.45) is 5.92 Å². The van der Waals surface area contributed by atoms with Crippen LogP contribution < -0.4 is 4.90 Å². The van der Waals surface area contributed by atoms with E-state index in [1.54, 1.807) is 0 Å². The number of piperidine rings is 1. The fourth-order valence-electron chi connectivity index (χ4n) is 4.79. The van der Waals surface area contributed by atoms with E-state index in [0.29, 0.717) is 0 Å². The van der Waals surface area contributed by atoms with E-state index in [4.69, 9.17) is 20.1 Å². The van der Waals surface area contributed by atoms with Gasteiger partial charge in [-0.3, -0.25) is 0 Å². The molecule has 0 saturated carbocycles. The molecule has 7 nitrogen and oxygen atoms in total. The van der Waals surface area contributed by atoms with Gasteiger partial charge >= 0.3 is 0 Å². The predicted molar refractivity (Wildman–Crippen MR) is 127 cm³/mol. The van der Waals surface area contributed by atoms with Crippen LogP contribution >= 0.6 is 0 Å². The van der Waals surface area contributed by atoms with Gasteiger partial charge in [-0.25, -0.2) is 15.0 Å². The van der Waals surface area contributed by atoms with Crippen LogP contribution in [-0.2, 0) is 13.0 Å². The molecule has 0 spiro atoms. The third-order valence-electron chi connectivity index (χ3n) is 6.68. The Bertz CT molecular complexity index is 1420. The second-order valence-electron chi connectivity index (χ2n) is 8.91. The third kappa shape index (κ3) is 3.20. The van der Waals surface area contributed by atoms with Gasteiger partial charge in [0.2, 0.25) is 5.95 Å². The molecule has 6 rings (SSSR count). The molecule has 3 aromatic heterocycles. The van der Waals surface area contributed by atoms with Crippen molar-refractivity contribution in [3.8, 4) is 0 Å². The highest BCUT2D eigenvalue weighted by molar-refractivity contribution is 5.92. The zero-order valence-electron chi connectivity index (χ0n) is 18.6. The second kappa shape index (κ2) is 7.58. The van der Waals surface area contributed by atoms with Gasteiger partial charge in [0.1, 0.15) is 5.82 Å². The number of rotatable bonds is 4. The number of hydrogen-bond acceptors (Lipinski definition) is 5. The number of aromatic nitrogens is 6. The van der Waals surface area contributed by atoms with E-state index >= 15 is 0 Å². The molecule has 1 fully saturated rings. The molecule has 5 aromatic rings. The van der Waals surface area contributed by atoms with Crippen molar-refractivity contribution in [3.63, 3.8) is 0 Å². The maximum Gasteiger partial charge on any atom is 0.229 e. The fourth-order valence-corrected chi connectivity index (χ4v) is 4.79. The molecule has 0 amide bonds. The van der Waals surface area contributed by atoms with Crippen molar-refractivity contribution in [2.75, 3.05) is 18.0 Å². The van der Waals surface area contributed by atoms with Gasteiger partial charge in [0.05, 0.1) is 16.6 Å². The predicted octanol–water partition coefficient (Wildman–Crippen LogP) is 4.41. The van der Waals surface area contributed by atoms with E-state index in [1.807, 2.05) is 22.7 Å². The summed E-state index contributed by atoms with van der Waals surface area (Å²) in [5, 5.41) is 5.98. The van der Waals surface area contributed by atoms with Gasteiger partial charge in [0, 0.05) is 31.4 Å². The summed E-state index contributed by atoms with van der Waals surface area (Å²) < 4.78 is 4.22. The number of imidazole rings is 1. The molecular formula is C25H27N7. The number of hydrogen-bond donors (Lipinski definition) is 0. The minimum atomic E-state index is 0.744. The van der Waals surface area contributed by atoms with Gasteiger partial charge in [-0.2, -0.15) is 4.52 Å². The molecule has 162 valence electrons. The standard InChI is InChI=1S/C25H27N7/c1-17-11-14-30(15-12-17)25-27-20-8-4-3-7-19(20)24-28-23(29-32(24)25)13-16-31-18(2)26-21-9-5-6-10-22(21)31/h3-10,17H,11-16H2,1-2H3. The SMILES string of the molecule is Cc1nc2ccccc2n1CCc1nc2c3ccccc3nc(N3CCC(C)CC3)n2n1. The molecule has 0 radical (unpaired) electrons. The van der Waals surface area contributed by atoms with Crippen molar-refractivity contribution in [1.29, 1.82) is 0 Å². The van der Waals surface area contributed by atoms with Crippen LogP contribution in [0.15, 0.2) is 48.5 Å². The number of fused-ring (bicyclic) bond motifs is 4. The Balaban J connectivity index is 1.40. The summed E-state index contributed by atoms with van der Waals surface area (Å²) in [7, 11) is 0. The van der Waals surface area contributed by atoms with E-state index < -0.39 is 0 Å². The lowest BCUT2D eigenvalue weighted by molar-refractivity contribution is 0.433. The fraction of sp³-hybridized carbons (Fsp3) is 0.360. The lowest BCUT2D eigenvalue weighted by Crippen LogP contribution is -2.35. The van der Waals surface area contributed by atoms with E-state index in [9.17, 15) is 0 Å². The van der Waals surface area contributed by atoms with Crippen LogP contribution in [0.25, 0.3) is 27.6 Å². The van der Waals surface area contributed by atoms with Crippen LogP contribution in [0.1, 0.15) is 31.4 Å². The second-order valence-corrected chi connectivity index (χ2v) is 8.91. The van der Waals surface area contributed by atoms with Crippen LogP contribution in [0.4, 0.5) is 5.95 Å². The Morgan fingerprint density at radius 1 is 0.906 bits per heavy atom. The molecular weight excluding hydrogens is 398 g/mol. The lowest BCUT2D eigenvalue weighted by atomic mass is 10.00. The normalized spacial score (nSPS) is 15.4. The molecule has 0 N–H and O–H groups in total. The molecule has 1 aliphatic rings. The average molecular weight is 426 g/mol. The lowest BCUT2D eigenvalue weighted by Gasteiger charge is -2.31. The zero-order valence-corrected chi connectivity index (χ0v) is 18.6. The Morgan fingerprint density at radius 2 is 1.66 bits per heavy atom. The van der Waals surface area contributed by atoms with E-state index in [2.05, 4.69) is 53.6 Å². The Morgan fingerprint density at radius 3 is 2.50 bits per heavy atom. The number of para-hydroxylation sites is 3. The molecule has 0 unspecified atom stereocenters. The van der Waals surface area contributed by atoms with Crippen molar-refractivity contribution in [2.45, 2.75) is 39.7 Å². The summed E-state index contributed by atoms with van der Waals surface area (Å²) >= 11 is 0. The van der Waals surface area contributed by atoms with E-state index in [0.717, 1.165) is 77.2 Å². The van der Waals surface area contributed by atoms with Crippen LogP contribution in [0, 0.1) is 12.8 Å². The topological polar surface area (TPSA) is 64.1 Å². The smallest absolute Gasteiger partial charge is 0.229 e. The number of aryl methyl sites for hydroxylation is 3. The van der Waals surface area contributed by atoms with Crippen molar-refractivity contribution in [1.82, 2.24) is 29.1 Å². The van der Waals surface area contributed by atoms with E-state index in [-0.39, 0.29) is 0 Å². The minimum absolute atomic E-state index is 0.744. The molecule has 1 saturated heterocycles. The largest absolute Gasteiger partial charge is 0.341 e. The summed E-state index contributed by atoms with van der Waals surface area (Å²) in [6.07, 6.45) is 3.11. The van der Waals surface area contributed by atoms with Crippen LogP contribution in [0.2, 0.25) is 0 Å². The first-order valence-corrected chi connectivity index (χ1v) is 11.5. The molecule has 2 aromatic carbocycles. The first kappa shape index (κ1) is 19.2. The third-order valence-corrected chi connectivity index (χ3v) is 6.68. The summed E-state index contributed by atoms with van der Waals surface area (Å²) in [5.74, 6) is 3.53. The van der Waals surface area contributed by atoms with Gasteiger partial charge in [0.25, 0.3) is 0 Å². The molecule has 1 aliphatic heterocycles. The number of benzene rings is 2.